The van der Waals surface area contributed by atoms with E-state index in [2.05, 4.69) is 54.8 Å². The topological polar surface area (TPSA) is 67.3 Å². The molecule has 0 atom stereocenters. The van der Waals surface area contributed by atoms with Crippen LogP contribution in [0.1, 0.15) is 40.7 Å². The van der Waals surface area contributed by atoms with Gasteiger partial charge in [0.2, 0.25) is 0 Å². The SMILES string of the molecule is C=CNc1c2c(cc3c1CCC3)CCC2.CN.CN(C)Cc1ccc(SN)cc1. The minimum absolute atomic E-state index is 0.982. The number of benzene rings is 2. The maximum atomic E-state index is 5.41. The summed E-state index contributed by atoms with van der Waals surface area (Å²) in [4.78, 5) is 3.25. The van der Waals surface area contributed by atoms with Gasteiger partial charge < -0.3 is 16.0 Å². The van der Waals surface area contributed by atoms with E-state index in [4.69, 9.17) is 5.14 Å². The Morgan fingerprint density at radius 2 is 1.55 bits per heavy atom. The first-order valence-corrected chi connectivity index (χ1v) is 11.2. The Morgan fingerprint density at radius 1 is 1.00 bits per heavy atom. The van der Waals surface area contributed by atoms with Gasteiger partial charge in [-0.2, -0.15) is 0 Å². The molecule has 0 saturated carbocycles. The molecule has 0 fully saturated rings. The lowest BCUT2D eigenvalue weighted by atomic mass is 9.99. The molecule has 0 amide bonds. The monoisotopic (exact) mass is 412 g/mol. The van der Waals surface area contributed by atoms with E-state index in [0.717, 1.165) is 11.4 Å². The molecule has 2 aliphatic carbocycles. The summed E-state index contributed by atoms with van der Waals surface area (Å²) in [5.74, 6) is 0. The summed E-state index contributed by atoms with van der Waals surface area (Å²) in [6.07, 6.45) is 9.51. The van der Waals surface area contributed by atoms with Gasteiger partial charge in [0.15, 0.2) is 0 Å². The highest BCUT2D eigenvalue weighted by Crippen LogP contribution is 2.38. The highest BCUT2D eigenvalue weighted by Gasteiger charge is 2.23. The lowest BCUT2D eigenvalue weighted by molar-refractivity contribution is 0.402. The van der Waals surface area contributed by atoms with E-state index in [1.165, 1.54) is 68.8 Å². The van der Waals surface area contributed by atoms with E-state index < -0.39 is 0 Å². The molecule has 2 aromatic carbocycles. The van der Waals surface area contributed by atoms with Crippen molar-refractivity contribution in [1.82, 2.24) is 4.90 Å². The molecule has 29 heavy (non-hydrogen) atoms. The maximum Gasteiger partial charge on any atom is 0.0450 e. The number of anilines is 1. The van der Waals surface area contributed by atoms with Crippen LogP contribution < -0.4 is 16.2 Å². The van der Waals surface area contributed by atoms with Crippen molar-refractivity contribution < 1.29 is 0 Å². The predicted molar refractivity (Wildman–Crippen MR) is 128 cm³/mol. The van der Waals surface area contributed by atoms with Crippen LogP contribution in [0.2, 0.25) is 0 Å². The Labute approximate surface area is 180 Å². The van der Waals surface area contributed by atoms with E-state index in [9.17, 15) is 0 Å². The van der Waals surface area contributed by atoms with Crippen LogP contribution in [0.25, 0.3) is 0 Å². The molecule has 0 radical (unpaired) electrons. The minimum Gasteiger partial charge on any atom is -0.362 e. The fraction of sp³-hybridized carbons (Fsp3) is 0.417. The third-order valence-electron chi connectivity index (χ3n) is 5.28. The van der Waals surface area contributed by atoms with Gasteiger partial charge in [-0.3, -0.25) is 5.14 Å². The van der Waals surface area contributed by atoms with E-state index in [-0.39, 0.29) is 0 Å². The van der Waals surface area contributed by atoms with Crippen molar-refractivity contribution in [3.8, 4) is 0 Å². The van der Waals surface area contributed by atoms with Gasteiger partial charge in [-0.1, -0.05) is 24.8 Å². The third kappa shape index (κ3) is 6.34. The number of hydrogen-bond acceptors (Lipinski definition) is 5. The van der Waals surface area contributed by atoms with Crippen LogP contribution in [-0.4, -0.2) is 26.0 Å². The minimum atomic E-state index is 0.982. The predicted octanol–water partition coefficient (Wildman–Crippen LogP) is 4.51. The summed E-state index contributed by atoms with van der Waals surface area (Å²) in [7, 11) is 5.62. The second-order valence-electron chi connectivity index (χ2n) is 7.58. The van der Waals surface area contributed by atoms with Crippen molar-refractivity contribution in [1.29, 1.82) is 0 Å². The molecule has 0 aliphatic heterocycles. The van der Waals surface area contributed by atoms with Crippen LogP contribution in [0.4, 0.5) is 5.69 Å². The molecule has 0 spiro atoms. The zero-order valence-electron chi connectivity index (χ0n) is 18.1. The molecular weight excluding hydrogens is 376 g/mol. The molecule has 0 bridgehead atoms. The Balaban J connectivity index is 0.000000196. The van der Waals surface area contributed by atoms with E-state index in [1.54, 1.807) is 22.3 Å². The smallest absolute Gasteiger partial charge is 0.0450 e. The Morgan fingerprint density at radius 3 is 2.00 bits per heavy atom. The van der Waals surface area contributed by atoms with Crippen LogP contribution in [0.5, 0.6) is 0 Å². The first-order chi connectivity index (χ1) is 14.1. The van der Waals surface area contributed by atoms with Gasteiger partial charge >= 0.3 is 0 Å². The average molecular weight is 413 g/mol. The van der Waals surface area contributed by atoms with Gasteiger partial charge in [-0.15, -0.1) is 0 Å². The van der Waals surface area contributed by atoms with Crippen LogP contribution in [-0.2, 0) is 32.2 Å². The first kappa shape index (κ1) is 23.5. The van der Waals surface area contributed by atoms with E-state index in [0.29, 0.717) is 0 Å². The fourth-order valence-corrected chi connectivity index (χ4v) is 4.42. The van der Waals surface area contributed by atoms with Gasteiger partial charge in [0.05, 0.1) is 0 Å². The Kier molecular flexibility index (Phi) is 9.74. The Hall–Kier alpha value is -1.79. The van der Waals surface area contributed by atoms with Crippen LogP contribution in [0, 0.1) is 0 Å². The second-order valence-corrected chi connectivity index (χ2v) is 8.29. The van der Waals surface area contributed by atoms with Gasteiger partial charge in [-0.05, 0) is 118 Å². The number of nitrogens with two attached hydrogens (primary N) is 2. The first-order valence-electron chi connectivity index (χ1n) is 10.3. The van der Waals surface area contributed by atoms with E-state index in [1.807, 2.05) is 18.3 Å². The van der Waals surface area contributed by atoms with Crippen molar-refractivity contribution in [3.63, 3.8) is 0 Å². The quantitative estimate of drug-likeness (QED) is 0.631. The van der Waals surface area contributed by atoms with Crippen molar-refractivity contribution in [3.05, 3.63) is 70.9 Å². The number of hydrogen-bond donors (Lipinski definition) is 3. The number of aryl methyl sites for hydroxylation is 2. The van der Waals surface area contributed by atoms with Gasteiger partial charge in [0.25, 0.3) is 0 Å². The summed E-state index contributed by atoms with van der Waals surface area (Å²) in [6, 6.07) is 10.8. The van der Waals surface area contributed by atoms with Gasteiger partial charge in [0, 0.05) is 17.1 Å². The molecule has 0 heterocycles. The molecule has 0 aromatic heterocycles. The molecular formula is C24H36N4S. The van der Waals surface area contributed by atoms with Crippen LogP contribution in [0.15, 0.2) is 48.0 Å². The summed E-state index contributed by atoms with van der Waals surface area (Å²) in [5, 5.41) is 8.78. The molecule has 4 nitrogen and oxygen atoms in total. The summed E-state index contributed by atoms with van der Waals surface area (Å²) in [6.45, 7) is 4.78. The van der Waals surface area contributed by atoms with Gasteiger partial charge in [0.1, 0.15) is 0 Å². The molecule has 2 aromatic rings. The van der Waals surface area contributed by atoms with Crippen molar-refractivity contribution in [2.24, 2.45) is 10.9 Å². The standard InChI is InChI=1S/C14H17N.C9H14N2S.CH5N/c1-2-15-14-12-7-3-5-10(12)9-11-6-4-8-13(11)14;1-11(2)7-8-3-5-9(12-10)6-4-8;1-2/h2,9,15H,1,3-8H2;3-6H,7,10H2,1-2H3;2H2,1H3. The van der Waals surface area contributed by atoms with Crippen LogP contribution >= 0.6 is 11.9 Å². The number of rotatable bonds is 5. The largest absolute Gasteiger partial charge is 0.362 e. The van der Waals surface area contributed by atoms with Gasteiger partial charge in [-0.25, -0.2) is 0 Å². The van der Waals surface area contributed by atoms with E-state index >= 15 is 0 Å². The second kappa shape index (κ2) is 12.0. The normalized spacial score (nSPS) is 13.6. The van der Waals surface area contributed by atoms with Crippen molar-refractivity contribution >= 4 is 17.6 Å². The lowest BCUT2D eigenvalue weighted by Crippen LogP contribution is -2.10. The highest BCUT2D eigenvalue weighted by atomic mass is 32.2. The van der Waals surface area contributed by atoms with Crippen LogP contribution in [0.3, 0.4) is 0 Å². The molecule has 2 aliphatic rings. The highest BCUT2D eigenvalue weighted by molar-refractivity contribution is 7.97. The summed E-state index contributed by atoms with van der Waals surface area (Å²) in [5.41, 5.74) is 13.5. The molecule has 5 heteroatoms. The maximum absolute atomic E-state index is 5.41. The van der Waals surface area contributed by atoms with Crippen molar-refractivity contribution in [2.75, 3.05) is 26.5 Å². The number of nitrogens with one attached hydrogen (secondary N) is 1. The number of nitrogens with zero attached hydrogens (tertiary/aromatic N) is 1. The Bertz CT molecular complexity index is 752. The zero-order valence-corrected chi connectivity index (χ0v) is 18.9. The zero-order chi connectivity index (χ0) is 21.2. The summed E-state index contributed by atoms with van der Waals surface area (Å²) >= 11 is 1.28. The summed E-state index contributed by atoms with van der Waals surface area (Å²) < 4.78 is 0. The molecule has 0 unspecified atom stereocenters. The molecule has 158 valence electrons. The van der Waals surface area contributed by atoms with Crippen molar-refractivity contribution in [2.45, 2.75) is 50.0 Å². The third-order valence-corrected chi connectivity index (χ3v) is 5.82. The molecule has 4 rings (SSSR count). The number of fused-ring (bicyclic) bond motifs is 2. The average Bonchev–Trinajstić information content (AvgIpc) is 3.39. The fourth-order valence-electron chi connectivity index (χ4n) is 4.13. The molecule has 5 N–H and O–H groups in total. The lowest BCUT2D eigenvalue weighted by Gasteiger charge is -2.14. The molecule has 0 saturated heterocycles.